The molecule has 1 heterocycles. The van der Waals surface area contributed by atoms with Crippen molar-refractivity contribution in [3.8, 4) is 0 Å². The van der Waals surface area contributed by atoms with E-state index in [9.17, 15) is 14.4 Å². The highest BCUT2D eigenvalue weighted by Gasteiger charge is 2.26. The van der Waals surface area contributed by atoms with Gasteiger partial charge in [0.15, 0.2) is 5.78 Å². The van der Waals surface area contributed by atoms with Gasteiger partial charge in [-0.3, -0.25) is 9.59 Å². The van der Waals surface area contributed by atoms with Gasteiger partial charge in [-0.15, -0.1) is 0 Å². The van der Waals surface area contributed by atoms with E-state index in [-0.39, 0.29) is 17.8 Å². The van der Waals surface area contributed by atoms with Gasteiger partial charge in [0.1, 0.15) is 5.60 Å². The van der Waals surface area contributed by atoms with Crippen LogP contribution in [0, 0.1) is 0 Å². The molecule has 1 aliphatic heterocycles. The van der Waals surface area contributed by atoms with Crippen molar-refractivity contribution >= 4 is 23.5 Å². The Hall–Kier alpha value is -2.57. The van der Waals surface area contributed by atoms with Crippen LogP contribution in [0.15, 0.2) is 24.3 Å². The maximum atomic E-state index is 12.4. The van der Waals surface area contributed by atoms with Crippen molar-refractivity contribution in [2.45, 2.75) is 71.8 Å². The van der Waals surface area contributed by atoms with Gasteiger partial charge in [0.2, 0.25) is 0 Å². The molecular weight excluding hydrogens is 408 g/mol. The molecule has 0 aliphatic carbocycles. The average molecular weight is 447 g/mol. The van der Waals surface area contributed by atoms with E-state index in [1.807, 2.05) is 52.0 Å². The van der Waals surface area contributed by atoms with Crippen LogP contribution >= 0.6 is 0 Å². The Morgan fingerprint density at radius 1 is 0.875 bits per heavy atom. The zero-order valence-electron chi connectivity index (χ0n) is 20.0. The number of carbonyl (C=O) groups excluding carboxylic acids is 3. The number of esters is 1. The number of hydrogen-bond donors (Lipinski definition) is 0. The Balaban J connectivity index is 1.70. The SMILES string of the molecule is CCOC(=O)CCCCCCC(=O)c1ccc(N2CCN(C(=O)OC(C)(C)C)CC2)cc1. The molecule has 0 saturated carbocycles. The van der Waals surface area contributed by atoms with Crippen LogP contribution in [-0.4, -0.2) is 61.1 Å². The number of Topliss-reactive ketones (excluding diaryl/α,β-unsaturated/α-hetero) is 1. The molecule has 32 heavy (non-hydrogen) atoms. The summed E-state index contributed by atoms with van der Waals surface area (Å²) in [5.74, 6) is 0.00612. The van der Waals surface area contributed by atoms with Crippen molar-refractivity contribution in [3.63, 3.8) is 0 Å². The van der Waals surface area contributed by atoms with E-state index in [1.54, 1.807) is 4.90 Å². The molecule has 1 aromatic carbocycles. The summed E-state index contributed by atoms with van der Waals surface area (Å²) in [6, 6.07) is 7.74. The van der Waals surface area contributed by atoms with E-state index in [0.717, 1.165) is 50.0 Å². The third kappa shape index (κ3) is 8.89. The summed E-state index contributed by atoms with van der Waals surface area (Å²) in [5.41, 5.74) is 1.30. The van der Waals surface area contributed by atoms with Crippen LogP contribution < -0.4 is 4.90 Å². The molecule has 1 saturated heterocycles. The number of ether oxygens (including phenoxy) is 2. The molecule has 0 spiro atoms. The number of nitrogens with zero attached hydrogens (tertiary/aromatic N) is 2. The van der Waals surface area contributed by atoms with Crippen molar-refractivity contribution < 1.29 is 23.9 Å². The van der Waals surface area contributed by atoms with E-state index < -0.39 is 5.60 Å². The van der Waals surface area contributed by atoms with Crippen molar-refractivity contribution in [1.29, 1.82) is 0 Å². The quantitative estimate of drug-likeness (QED) is 0.291. The lowest BCUT2D eigenvalue weighted by atomic mass is 10.0. The minimum absolute atomic E-state index is 0.144. The van der Waals surface area contributed by atoms with Crippen molar-refractivity contribution in [3.05, 3.63) is 29.8 Å². The lowest BCUT2D eigenvalue weighted by molar-refractivity contribution is -0.143. The molecule has 1 aromatic rings. The highest BCUT2D eigenvalue weighted by Crippen LogP contribution is 2.20. The monoisotopic (exact) mass is 446 g/mol. The van der Waals surface area contributed by atoms with Gasteiger partial charge in [0.25, 0.3) is 0 Å². The summed E-state index contributed by atoms with van der Waals surface area (Å²) in [7, 11) is 0. The number of anilines is 1. The van der Waals surface area contributed by atoms with Crippen LogP contribution in [0.1, 0.15) is 76.6 Å². The van der Waals surface area contributed by atoms with E-state index in [0.29, 0.717) is 32.5 Å². The number of piperazine rings is 1. The normalized spacial score (nSPS) is 14.2. The van der Waals surface area contributed by atoms with Crippen molar-refractivity contribution in [2.24, 2.45) is 0 Å². The van der Waals surface area contributed by atoms with Crippen LogP contribution in [-0.2, 0) is 14.3 Å². The van der Waals surface area contributed by atoms with Gasteiger partial charge in [-0.1, -0.05) is 12.8 Å². The molecule has 0 N–H and O–H groups in total. The maximum absolute atomic E-state index is 12.4. The molecule has 178 valence electrons. The number of amides is 1. The van der Waals surface area contributed by atoms with Crippen LogP contribution in [0.2, 0.25) is 0 Å². The third-order valence-electron chi connectivity index (χ3n) is 5.33. The zero-order chi connectivity index (χ0) is 23.6. The molecule has 1 amide bonds. The standard InChI is InChI=1S/C25H38N2O5/c1-5-31-23(29)11-9-7-6-8-10-22(28)20-12-14-21(15-13-20)26-16-18-27(19-17-26)24(30)32-25(2,3)4/h12-15H,5-11,16-19H2,1-4H3. The number of hydrogen-bond acceptors (Lipinski definition) is 6. The largest absolute Gasteiger partial charge is 0.466 e. The summed E-state index contributed by atoms with van der Waals surface area (Å²) in [6.45, 7) is 10.5. The molecule has 0 unspecified atom stereocenters. The van der Waals surface area contributed by atoms with Crippen LogP contribution in [0.4, 0.5) is 10.5 Å². The first-order valence-corrected chi connectivity index (χ1v) is 11.7. The van der Waals surface area contributed by atoms with Crippen molar-refractivity contribution in [1.82, 2.24) is 4.90 Å². The van der Waals surface area contributed by atoms with Crippen molar-refractivity contribution in [2.75, 3.05) is 37.7 Å². The van der Waals surface area contributed by atoms with Gasteiger partial charge >= 0.3 is 12.1 Å². The first-order chi connectivity index (χ1) is 15.2. The number of rotatable bonds is 10. The fourth-order valence-electron chi connectivity index (χ4n) is 3.62. The second kappa shape index (κ2) is 12.5. The van der Waals surface area contributed by atoms with Gasteiger partial charge in [0, 0.05) is 50.3 Å². The Kier molecular flexibility index (Phi) is 10.0. The number of carbonyl (C=O) groups is 3. The van der Waals surface area contributed by atoms with Gasteiger partial charge < -0.3 is 19.3 Å². The van der Waals surface area contributed by atoms with Crippen LogP contribution in [0.5, 0.6) is 0 Å². The first kappa shape index (κ1) is 25.7. The predicted octanol–water partition coefficient (Wildman–Crippen LogP) is 4.83. The molecule has 0 atom stereocenters. The maximum Gasteiger partial charge on any atom is 0.410 e. The minimum atomic E-state index is -0.487. The van der Waals surface area contributed by atoms with Crippen LogP contribution in [0.25, 0.3) is 0 Å². The van der Waals surface area contributed by atoms with E-state index in [2.05, 4.69) is 4.90 Å². The molecule has 7 nitrogen and oxygen atoms in total. The second-order valence-electron chi connectivity index (χ2n) is 9.14. The Bertz CT molecular complexity index is 747. The predicted molar refractivity (Wildman–Crippen MR) is 125 cm³/mol. The summed E-state index contributed by atoms with van der Waals surface area (Å²) in [4.78, 5) is 39.9. The topological polar surface area (TPSA) is 76.2 Å². The molecule has 1 fully saturated rings. The third-order valence-corrected chi connectivity index (χ3v) is 5.33. The smallest absolute Gasteiger partial charge is 0.410 e. The summed E-state index contributed by atoms with van der Waals surface area (Å²) in [5, 5.41) is 0. The fourth-order valence-corrected chi connectivity index (χ4v) is 3.62. The first-order valence-electron chi connectivity index (χ1n) is 11.7. The van der Waals surface area contributed by atoms with Crippen LogP contribution in [0.3, 0.4) is 0 Å². The number of ketones is 1. The molecular formula is C25H38N2O5. The highest BCUT2D eigenvalue weighted by atomic mass is 16.6. The Morgan fingerprint density at radius 3 is 2.03 bits per heavy atom. The Labute approximate surface area is 192 Å². The van der Waals surface area contributed by atoms with Gasteiger partial charge in [0.05, 0.1) is 6.61 Å². The van der Waals surface area contributed by atoms with E-state index in [1.165, 1.54) is 0 Å². The van der Waals surface area contributed by atoms with E-state index in [4.69, 9.17) is 9.47 Å². The Morgan fingerprint density at radius 2 is 1.47 bits per heavy atom. The number of unbranched alkanes of at least 4 members (excludes halogenated alkanes) is 3. The lowest BCUT2D eigenvalue weighted by Crippen LogP contribution is -2.50. The minimum Gasteiger partial charge on any atom is -0.466 e. The molecule has 0 radical (unpaired) electrons. The zero-order valence-corrected chi connectivity index (χ0v) is 20.0. The summed E-state index contributed by atoms with van der Waals surface area (Å²) >= 11 is 0. The average Bonchev–Trinajstić information content (AvgIpc) is 2.75. The molecule has 2 rings (SSSR count). The fraction of sp³-hybridized carbons (Fsp3) is 0.640. The summed E-state index contributed by atoms with van der Waals surface area (Å²) in [6.07, 6.45) is 4.21. The lowest BCUT2D eigenvalue weighted by Gasteiger charge is -2.36. The molecule has 0 aromatic heterocycles. The van der Waals surface area contributed by atoms with Gasteiger partial charge in [-0.2, -0.15) is 0 Å². The summed E-state index contributed by atoms with van der Waals surface area (Å²) < 4.78 is 10.4. The highest BCUT2D eigenvalue weighted by molar-refractivity contribution is 5.96. The van der Waals surface area contributed by atoms with Gasteiger partial charge in [-0.25, -0.2) is 4.79 Å². The van der Waals surface area contributed by atoms with E-state index >= 15 is 0 Å². The molecule has 7 heteroatoms. The van der Waals surface area contributed by atoms with Gasteiger partial charge in [-0.05, 0) is 64.8 Å². The number of benzene rings is 1. The second-order valence-corrected chi connectivity index (χ2v) is 9.14. The molecule has 0 bridgehead atoms. The molecule has 1 aliphatic rings.